The molecule has 14 heteroatoms. The average molecular weight is 1130 g/mol. The molecule has 0 bridgehead atoms. The third-order valence-corrected chi connectivity index (χ3v) is 18.4. The van der Waals surface area contributed by atoms with Crippen LogP contribution in [0.1, 0.15) is 83.1 Å². The van der Waals surface area contributed by atoms with Gasteiger partial charge in [0.15, 0.2) is 0 Å². The second-order valence-electron chi connectivity index (χ2n) is 24.5. The maximum atomic E-state index is 6.34. The fourth-order valence-electron chi connectivity index (χ4n) is 11.3. The SMILES string of the molecule is Brc1ccc2c(c1)c1ccccc1n2-c1ccc2oc3ccccc3c2c1.CC1(C)OB(B2OC(C)(C)C(C)(C)O2)OC1(C)C.CC1(C)OB(c2ccc3c(c2)c2ccccc2n3-c2ccc3oc4ccccc4c3c2)OC1(C)C. The number of benzene rings is 8. The van der Waals surface area contributed by atoms with E-state index in [0.29, 0.717) is 0 Å². The van der Waals surface area contributed by atoms with Crippen LogP contribution >= 0.6 is 15.9 Å². The van der Waals surface area contributed by atoms with Gasteiger partial charge in [0.1, 0.15) is 22.3 Å². The summed E-state index contributed by atoms with van der Waals surface area (Å²) in [6, 6.07) is 59.4. The molecule has 0 unspecified atom stereocenters. The van der Waals surface area contributed by atoms with Gasteiger partial charge in [-0.25, -0.2) is 0 Å². The first-order valence-electron chi connectivity index (χ1n) is 27.6. The fraction of sp³-hybridized carbons (Fsp3) is 0.273. The Morgan fingerprint density at radius 2 is 0.662 bits per heavy atom. The summed E-state index contributed by atoms with van der Waals surface area (Å²) in [4.78, 5) is 0. The lowest BCUT2D eigenvalue weighted by molar-refractivity contribution is 0.00578. The van der Waals surface area contributed by atoms with Gasteiger partial charge in [0.25, 0.3) is 0 Å². The zero-order valence-electron chi connectivity index (χ0n) is 47.4. The van der Waals surface area contributed by atoms with Crippen LogP contribution in [0.2, 0.25) is 0 Å². The van der Waals surface area contributed by atoms with E-state index in [2.05, 4.69) is 198 Å². The van der Waals surface area contributed by atoms with Gasteiger partial charge < -0.3 is 45.9 Å². The van der Waals surface area contributed by atoms with Crippen molar-refractivity contribution in [2.75, 3.05) is 0 Å². The quantitative estimate of drug-likeness (QED) is 0.161. The molecule has 10 nitrogen and oxygen atoms in total. The van der Waals surface area contributed by atoms with Crippen molar-refractivity contribution in [1.82, 2.24) is 9.13 Å². The molecule has 12 aromatic rings. The second kappa shape index (κ2) is 18.7. The largest absolute Gasteiger partial charge is 0.494 e. The van der Waals surface area contributed by atoms with Gasteiger partial charge in [-0.1, -0.05) is 101 Å². The summed E-state index contributed by atoms with van der Waals surface area (Å²) in [5.41, 5.74) is 9.49. The molecular formula is C66H64B3BrN2O8. The van der Waals surface area contributed by atoms with Crippen LogP contribution in [0, 0.1) is 0 Å². The Morgan fingerprint density at radius 1 is 0.312 bits per heavy atom. The third-order valence-electron chi connectivity index (χ3n) is 17.9. The summed E-state index contributed by atoms with van der Waals surface area (Å²) in [7, 11) is -1.34. The van der Waals surface area contributed by atoms with Crippen LogP contribution in [-0.2, 0) is 27.9 Å². The molecule has 402 valence electrons. The third kappa shape index (κ3) is 8.64. The van der Waals surface area contributed by atoms with E-state index in [-0.39, 0.29) is 40.7 Å². The minimum atomic E-state index is -0.476. The average Bonchev–Trinajstić information content (AvgIpc) is 4.37. The van der Waals surface area contributed by atoms with Crippen molar-refractivity contribution < 1.29 is 36.8 Å². The molecule has 0 amide bonds. The zero-order valence-corrected chi connectivity index (χ0v) is 49.0. The number of halogens is 1. The van der Waals surface area contributed by atoms with Crippen LogP contribution in [0.5, 0.6) is 0 Å². The van der Waals surface area contributed by atoms with Crippen molar-refractivity contribution in [2.45, 2.75) is 117 Å². The Balaban J connectivity index is 0.000000120. The molecule has 0 aliphatic carbocycles. The van der Waals surface area contributed by atoms with Crippen molar-refractivity contribution in [3.05, 3.63) is 174 Å². The van der Waals surface area contributed by atoms with Crippen molar-refractivity contribution in [3.8, 4) is 11.4 Å². The summed E-state index contributed by atoms with van der Waals surface area (Å²) in [6.45, 7) is 24.6. The molecule has 15 rings (SSSR count). The molecule has 0 saturated carbocycles. The van der Waals surface area contributed by atoms with E-state index in [0.717, 1.165) is 70.7 Å². The van der Waals surface area contributed by atoms with Crippen molar-refractivity contribution in [3.63, 3.8) is 0 Å². The molecule has 8 aromatic carbocycles. The van der Waals surface area contributed by atoms with E-state index >= 15 is 0 Å². The van der Waals surface area contributed by atoms with Crippen molar-refractivity contribution in [2.24, 2.45) is 0 Å². The summed E-state index contributed by atoms with van der Waals surface area (Å²) >= 11 is 3.62. The minimum absolute atomic E-state index is 0.360. The van der Waals surface area contributed by atoms with E-state index in [1.165, 1.54) is 38.1 Å². The lowest BCUT2D eigenvalue weighted by Gasteiger charge is -2.32. The Labute approximate surface area is 475 Å². The Hall–Kier alpha value is -6.61. The second-order valence-corrected chi connectivity index (χ2v) is 25.5. The number of fused-ring (bicyclic) bond motifs is 12. The topological polar surface area (TPSA) is 91.5 Å². The van der Waals surface area contributed by atoms with Crippen LogP contribution in [0.3, 0.4) is 0 Å². The van der Waals surface area contributed by atoms with Crippen LogP contribution in [-0.4, -0.2) is 63.9 Å². The van der Waals surface area contributed by atoms with E-state index in [1.54, 1.807) is 0 Å². The van der Waals surface area contributed by atoms with E-state index in [1.807, 2.05) is 79.7 Å². The number of aromatic nitrogens is 2. The van der Waals surface area contributed by atoms with Crippen LogP contribution in [0.4, 0.5) is 0 Å². The maximum Gasteiger partial charge on any atom is 0.494 e. The van der Waals surface area contributed by atoms with Crippen molar-refractivity contribution >= 4 is 130 Å². The summed E-state index contributed by atoms with van der Waals surface area (Å²) in [5, 5.41) is 9.45. The fourth-order valence-corrected chi connectivity index (χ4v) is 11.7. The molecule has 7 heterocycles. The number of para-hydroxylation sites is 4. The molecule has 4 aromatic heterocycles. The Kier molecular flexibility index (Phi) is 12.3. The highest BCUT2D eigenvalue weighted by atomic mass is 79.9. The molecule has 0 radical (unpaired) electrons. The Morgan fingerprint density at radius 3 is 1.11 bits per heavy atom. The van der Waals surface area contributed by atoms with Gasteiger partial charge in [-0.15, -0.1) is 0 Å². The van der Waals surface area contributed by atoms with Crippen LogP contribution in [0.25, 0.3) is 98.9 Å². The number of furan rings is 2. The number of hydrogen-bond donors (Lipinski definition) is 0. The van der Waals surface area contributed by atoms with Gasteiger partial charge in [-0.2, -0.15) is 0 Å². The molecule has 3 fully saturated rings. The van der Waals surface area contributed by atoms with E-state index in [4.69, 9.17) is 36.8 Å². The number of nitrogens with zero attached hydrogens (tertiary/aromatic N) is 2. The summed E-state index contributed by atoms with van der Waals surface area (Å²) in [6.07, 6.45) is 0. The summed E-state index contributed by atoms with van der Waals surface area (Å²) < 4.78 is 54.4. The van der Waals surface area contributed by atoms with Gasteiger partial charge >= 0.3 is 21.1 Å². The van der Waals surface area contributed by atoms with Gasteiger partial charge in [0, 0.05) is 58.9 Å². The lowest BCUT2D eigenvalue weighted by atomic mass is 9.49. The molecular weight excluding hydrogens is 1060 g/mol. The van der Waals surface area contributed by atoms with Crippen molar-refractivity contribution in [1.29, 1.82) is 0 Å². The monoisotopic (exact) mass is 1120 g/mol. The van der Waals surface area contributed by atoms with E-state index in [9.17, 15) is 0 Å². The highest BCUT2D eigenvalue weighted by molar-refractivity contribution is 9.10. The number of rotatable bonds is 4. The maximum absolute atomic E-state index is 6.34. The van der Waals surface area contributed by atoms with E-state index < -0.39 is 14.0 Å². The molecule has 0 spiro atoms. The van der Waals surface area contributed by atoms with Crippen LogP contribution < -0.4 is 5.46 Å². The molecule has 3 aliphatic rings. The predicted molar refractivity (Wildman–Crippen MR) is 332 cm³/mol. The zero-order chi connectivity index (χ0) is 55.9. The molecule has 0 atom stereocenters. The first-order valence-corrected chi connectivity index (χ1v) is 28.4. The highest BCUT2D eigenvalue weighted by Gasteiger charge is 2.64. The van der Waals surface area contributed by atoms with Gasteiger partial charge in [0.05, 0.1) is 55.7 Å². The van der Waals surface area contributed by atoms with Gasteiger partial charge in [0.2, 0.25) is 0 Å². The first kappa shape index (κ1) is 52.7. The Bertz CT molecular complexity index is 4330. The smallest absolute Gasteiger partial charge is 0.456 e. The normalized spacial score (nSPS) is 18.8. The number of hydrogen-bond acceptors (Lipinski definition) is 8. The molecule has 80 heavy (non-hydrogen) atoms. The lowest BCUT2D eigenvalue weighted by Crippen LogP contribution is -2.41. The minimum Gasteiger partial charge on any atom is -0.456 e. The molecule has 0 N–H and O–H groups in total. The summed E-state index contributed by atoms with van der Waals surface area (Å²) in [5.74, 6) is 0. The molecule has 3 saturated heterocycles. The predicted octanol–water partition coefficient (Wildman–Crippen LogP) is 16.7. The molecule has 3 aliphatic heterocycles. The van der Waals surface area contributed by atoms with Crippen LogP contribution in [0.15, 0.2) is 183 Å². The van der Waals surface area contributed by atoms with Gasteiger partial charge in [-0.05, 0) is 173 Å². The van der Waals surface area contributed by atoms with Gasteiger partial charge in [-0.3, -0.25) is 0 Å². The standard InChI is InChI=1S/C30H26BNO3.C24H14BrNO.C12H24B2O4/c1-29(2)30(3,4)35-31(34-29)19-13-15-26-23(17-19)21-9-5-7-11-25(21)32(26)20-14-16-28-24(18-20)22-10-6-8-12-27(22)33-28;25-15-9-11-22-19(13-15)17-5-1-3-7-21(17)26(22)16-10-12-24-20(14-16)18-6-2-4-8-23(18)27-24;1-9(2)10(3,4)16-13(15-9)14-17-11(5,6)12(7,8)18-14/h5-18H,1-4H3;1-14H;1-8H3. The highest BCUT2D eigenvalue weighted by Crippen LogP contribution is 2.44. The first-order chi connectivity index (χ1) is 38.0.